The molecule has 2 N–H and O–H groups in total. The molecule has 0 aliphatic rings. The molecule has 158 valence electrons. The van der Waals surface area contributed by atoms with E-state index < -0.39 is 38.7 Å². The topological polar surface area (TPSA) is 84.5 Å². The summed E-state index contributed by atoms with van der Waals surface area (Å²) in [5.74, 6) is -0.765. The Labute approximate surface area is 171 Å². The van der Waals surface area contributed by atoms with Crippen molar-refractivity contribution >= 4 is 33.2 Å². The molecule has 0 spiro atoms. The predicted octanol–water partition coefficient (Wildman–Crippen LogP) is 3.98. The Balaban J connectivity index is 2.20. The van der Waals surface area contributed by atoms with E-state index in [0.29, 0.717) is 11.6 Å². The monoisotopic (exact) mass is 450 g/mol. The van der Waals surface area contributed by atoms with E-state index in [4.69, 9.17) is 16.3 Å². The average Bonchev–Trinajstić information content (AvgIpc) is 2.61. The van der Waals surface area contributed by atoms with Crippen LogP contribution in [0.25, 0.3) is 0 Å². The molecule has 2 aromatic carbocycles. The lowest BCUT2D eigenvalue weighted by Crippen LogP contribution is -2.41. The molecule has 2 aromatic rings. The van der Waals surface area contributed by atoms with Gasteiger partial charge in [0.15, 0.2) is 0 Å². The normalized spacial score (nSPS) is 13.1. The molecule has 0 aliphatic carbocycles. The molecule has 0 heterocycles. The van der Waals surface area contributed by atoms with Gasteiger partial charge < -0.3 is 10.1 Å². The van der Waals surface area contributed by atoms with Crippen LogP contribution < -0.4 is 14.8 Å². The smallest absolute Gasteiger partial charge is 0.417 e. The van der Waals surface area contributed by atoms with Gasteiger partial charge in [0.05, 0.1) is 23.7 Å². The lowest BCUT2D eigenvalue weighted by molar-refractivity contribution is -0.137. The Morgan fingerprint density at radius 3 is 2.41 bits per heavy atom. The second kappa shape index (κ2) is 8.60. The number of ether oxygens (including phenoxy) is 1. The van der Waals surface area contributed by atoms with Crippen molar-refractivity contribution in [2.75, 3.05) is 12.4 Å². The van der Waals surface area contributed by atoms with Gasteiger partial charge in [0.1, 0.15) is 10.6 Å². The Morgan fingerprint density at radius 2 is 1.83 bits per heavy atom. The summed E-state index contributed by atoms with van der Waals surface area (Å²) in [5.41, 5.74) is -0.635. The summed E-state index contributed by atoms with van der Waals surface area (Å²) >= 11 is 5.54. The minimum absolute atomic E-state index is 0.0863. The average molecular weight is 451 g/mol. The molecule has 11 heteroatoms. The van der Waals surface area contributed by atoms with Crippen molar-refractivity contribution in [2.24, 2.45) is 0 Å². The van der Waals surface area contributed by atoms with E-state index in [2.05, 4.69) is 10.0 Å². The number of amides is 1. The second-order valence-electron chi connectivity index (χ2n) is 6.18. The number of nitrogens with one attached hydrogen (secondary N) is 2. The molecule has 0 bridgehead atoms. The number of sulfonamides is 1. The van der Waals surface area contributed by atoms with Crippen LogP contribution >= 0.6 is 11.6 Å². The van der Waals surface area contributed by atoms with Crippen LogP contribution in [0.15, 0.2) is 41.3 Å². The molecule has 29 heavy (non-hydrogen) atoms. The first-order valence-electron chi connectivity index (χ1n) is 8.19. The molecular formula is C18H18ClF3N2O4S. The standard InChI is InChI=1S/C18H18ClF3N2O4S/c1-10-4-7-15(28-3)16(8-10)29(26,27)24-11(2)17(25)23-12-5-6-14(19)13(9-12)18(20,21)22/h4-9,11,24H,1-3H3,(H,23,25)/t11-/m0/s1. The van der Waals surface area contributed by atoms with Gasteiger partial charge in [-0.1, -0.05) is 17.7 Å². The first-order valence-corrected chi connectivity index (χ1v) is 10.1. The number of anilines is 1. The highest BCUT2D eigenvalue weighted by molar-refractivity contribution is 7.89. The van der Waals surface area contributed by atoms with E-state index in [1.165, 1.54) is 32.2 Å². The van der Waals surface area contributed by atoms with E-state index >= 15 is 0 Å². The SMILES string of the molecule is COc1ccc(C)cc1S(=O)(=O)N[C@@H](C)C(=O)Nc1ccc(Cl)c(C(F)(F)F)c1. The first-order chi connectivity index (χ1) is 13.3. The largest absolute Gasteiger partial charge is 0.495 e. The molecule has 1 amide bonds. The van der Waals surface area contributed by atoms with Crippen molar-refractivity contribution in [2.45, 2.75) is 31.0 Å². The van der Waals surface area contributed by atoms with Gasteiger partial charge in [-0.3, -0.25) is 4.79 Å². The first kappa shape index (κ1) is 23.0. The molecule has 0 aliphatic heterocycles. The summed E-state index contributed by atoms with van der Waals surface area (Å²) < 4.78 is 71.3. The molecule has 0 saturated heterocycles. The summed E-state index contributed by atoms with van der Waals surface area (Å²) in [6, 6.07) is 6.07. The number of hydrogen-bond acceptors (Lipinski definition) is 4. The zero-order valence-electron chi connectivity index (χ0n) is 15.6. The van der Waals surface area contributed by atoms with Crippen molar-refractivity contribution in [3.63, 3.8) is 0 Å². The van der Waals surface area contributed by atoms with Gasteiger partial charge in [-0.05, 0) is 49.7 Å². The molecule has 0 fully saturated rings. The highest BCUT2D eigenvalue weighted by atomic mass is 35.5. The Bertz CT molecular complexity index is 1030. The van der Waals surface area contributed by atoms with Gasteiger partial charge in [-0.25, -0.2) is 8.42 Å². The highest BCUT2D eigenvalue weighted by Gasteiger charge is 2.33. The fourth-order valence-corrected chi connectivity index (χ4v) is 4.10. The molecule has 2 rings (SSSR count). The molecule has 1 atom stereocenters. The van der Waals surface area contributed by atoms with Crippen molar-refractivity contribution in [3.05, 3.63) is 52.5 Å². The van der Waals surface area contributed by atoms with Gasteiger partial charge in [0.25, 0.3) is 0 Å². The summed E-state index contributed by atoms with van der Waals surface area (Å²) in [4.78, 5) is 12.1. The summed E-state index contributed by atoms with van der Waals surface area (Å²) in [6.07, 6.45) is -4.70. The number of alkyl halides is 3. The van der Waals surface area contributed by atoms with Crippen LogP contribution in [0.1, 0.15) is 18.1 Å². The van der Waals surface area contributed by atoms with E-state index in [1.807, 2.05) is 0 Å². The Kier molecular flexibility index (Phi) is 6.82. The predicted molar refractivity (Wildman–Crippen MR) is 103 cm³/mol. The quantitative estimate of drug-likeness (QED) is 0.697. The maximum Gasteiger partial charge on any atom is 0.417 e. The fraction of sp³-hybridized carbons (Fsp3) is 0.278. The van der Waals surface area contributed by atoms with E-state index in [-0.39, 0.29) is 16.3 Å². The maximum absolute atomic E-state index is 12.9. The summed E-state index contributed by atoms with van der Waals surface area (Å²) in [7, 11) is -2.83. The van der Waals surface area contributed by atoms with Crippen LogP contribution in [0.5, 0.6) is 5.75 Å². The van der Waals surface area contributed by atoms with Crippen LogP contribution in [0.3, 0.4) is 0 Å². The molecule has 6 nitrogen and oxygen atoms in total. The number of carbonyl (C=O) groups excluding carboxylic acids is 1. The third kappa shape index (κ3) is 5.62. The highest BCUT2D eigenvalue weighted by Crippen LogP contribution is 2.36. The van der Waals surface area contributed by atoms with Gasteiger partial charge >= 0.3 is 6.18 Å². The number of carbonyl (C=O) groups is 1. The van der Waals surface area contributed by atoms with Crippen molar-refractivity contribution < 1.29 is 31.1 Å². The molecule has 0 unspecified atom stereocenters. The summed E-state index contributed by atoms with van der Waals surface area (Å²) in [5, 5.41) is 1.72. The summed E-state index contributed by atoms with van der Waals surface area (Å²) in [6.45, 7) is 2.95. The zero-order chi connectivity index (χ0) is 22.0. The number of benzene rings is 2. The van der Waals surface area contributed by atoms with Crippen LogP contribution in [-0.4, -0.2) is 27.5 Å². The zero-order valence-corrected chi connectivity index (χ0v) is 17.2. The number of methoxy groups -OCH3 is 1. The van der Waals surface area contributed by atoms with Crippen molar-refractivity contribution in [1.29, 1.82) is 0 Å². The fourth-order valence-electron chi connectivity index (χ4n) is 2.41. The van der Waals surface area contributed by atoms with Gasteiger partial charge in [-0.15, -0.1) is 0 Å². The lowest BCUT2D eigenvalue weighted by atomic mass is 10.2. The number of rotatable bonds is 6. The minimum atomic E-state index is -4.70. The van der Waals surface area contributed by atoms with E-state index in [0.717, 1.165) is 6.07 Å². The molecule has 0 aromatic heterocycles. The van der Waals surface area contributed by atoms with Crippen molar-refractivity contribution in [3.8, 4) is 5.75 Å². The second-order valence-corrected chi connectivity index (χ2v) is 8.27. The Morgan fingerprint density at radius 1 is 1.17 bits per heavy atom. The maximum atomic E-state index is 12.9. The van der Waals surface area contributed by atoms with Crippen LogP contribution in [-0.2, 0) is 21.0 Å². The van der Waals surface area contributed by atoms with Crippen LogP contribution in [0.2, 0.25) is 5.02 Å². The third-order valence-electron chi connectivity index (χ3n) is 3.87. The lowest BCUT2D eigenvalue weighted by Gasteiger charge is -2.17. The van der Waals surface area contributed by atoms with Crippen LogP contribution in [0, 0.1) is 6.92 Å². The third-order valence-corrected chi connectivity index (χ3v) is 5.76. The van der Waals surface area contributed by atoms with Crippen LogP contribution in [0.4, 0.5) is 18.9 Å². The molecular weight excluding hydrogens is 433 g/mol. The number of hydrogen-bond donors (Lipinski definition) is 2. The minimum Gasteiger partial charge on any atom is -0.495 e. The van der Waals surface area contributed by atoms with Crippen molar-refractivity contribution in [1.82, 2.24) is 4.72 Å². The number of aryl methyl sites for hydroxylation is 1. The molecule has 0 saturated carbocycles. The Hall–Kier alpha value is -2.30. The number of halogens is 4. The van der Waals surface area contributed by atoms with Gasteiger partial charge in [0.2, 0.25) is 15.9 Å². The van der Waals surface area contributed by atoms with E-state index in [9.17, 15) is 26.4 Å². The van der Waals surface area contributed by atoms with E-state index in [1.54, 1.807) is 13.0 Å². The molecule has 0 radical (unpaired) electrons. The van der Waals surface area contributed by atoms with Gasteiger partial charge in [-0.2, -0.15) is 17.9 Å². The van der Waals surface area contributed by atoms with Gasteiger partial charge in [0, 0.05) is 5.69 Å².